The Morgan fingerprint density at radius 1 is 1.30 bits per heavy atom. The van der Waals surface area contributed by atoms with Crippen molar-refractivity contribution in [3.8, 4) is 0 Å². The van der Waals surface area contributed by atoms with Gasteiger partial charge in [0.15, 0.2) is 0 Å². The summed E-state index contributed by atoms with van der Waals surface area (Å²) < 4.78 is 5.24. The van der Waals surface area contributed by atoms with E-state index >= 15 is 0 Å². The van der Waals surface area contributed by atoms with E-state index in [9.17, 15) is 9.59 Å². The maximum Gasteiger partial charge on any atom is 0.254 e. The lowest BCUT2D eigenvalue weighted by atomic mass is 9.95. The van der Waals surface area contributed by atoms with E-state index < -0.39 is 0 Å². The zero-order valence-corrected chi connectivity index (χ0v) is 13.9. The summed E-state index contributed by atoms with van der Waals surface area (Å²) in [4.78, 5) is 25.7. The first-order valence-electron chi connectivity index (χ1n) is 7.94. The second-order valence-electron chi connectivity index (χ2n) is 5.58. The number of furan rings is 1. The molecule has 0 spiro atoms. The van der Waals surface area contributed by atoms with Crippen LogP contribution in [0.4, 0.5) is 5.00 Å². The molecule has 0 aliphatic heterocycles. The van der Waals surface area contributed by atoms with Crippen molar-refractivity contribution in [3.05, 3.63) is 40.2 Å². The molecule has 0 fully saturated rings. The van der Waals surface area contributed by atoms with E-state index in [4.69, 9.17) is 4.42 Å². The van der Waals surface area contributed by atoms with E-state index in [1.165, 1.54) is 4.88 Å². The molecule has 0 saturated carbocycles. The minimum absolute atomic E-state index is 0.0660. The molecule has 122 valence electrons. The summed E-state index contributed by atoms with van der Waals surface area (Å²) in [7, 11) is 0. The van der Waals surface area contributed by atoms with Crippen LogP contribution in [0.3, 0.4) is 0 Å². The normalized spacial score (nSPS) is 13.4. The molecule has 0 aromatic carbocycles. The van der Waals surface area contributed by atoms with Gasteiger partial charge >= 0.3 is 0 Å². The molecule has 2 aromatic rings. The van der Waals surface area contributed by atoms with Crippen LogP contribution in [-0.2, 0) is 24.2 Å². The van der Waals surface area contributed by atoms with Gasteiger partial charge in [-0.1, -0.05) is 6.92 Å². The highest BCUT2D eigenvalue weighted by atomic mass is 32.1. The minimum Gasteiger partial charge on any atom is -0.467 e. The Balaban J connectivity index is 1.84. The number of amides is 2. The van der Waals surface area contributed by atoms with Gasteiger partial charge in [-0.25, -0.2) is 0 Å². The SMILES string of the molecule is CCC(=O)Nc1sc2c(c1C(=O)NCc1ccco1)CCCC2. The Kier molecular flexibility index (Phi) is 4.81. The summed E-state index contributed by atoms with van der Waals surface area (Å²) in [6.45, 7) is 2.15. The lowest BCUT2D eigenvalue weighted by Gasteiger charge is -2.13. The van der Waals surface area contributed by atoms with Gasteiger partial charge in [0.2, 0.25) is 5.91 Å². The minimum atomic E-state index is -0.146. The second-order valence-corrected chi connectivity index (χ2v) is 6.68. The van der Waals surface area contributed by atoms with E-state index in [0.29, 0.717) is 29.3 Å². The lowest BCUT2D eigenvalue weighted by molar-refractivity contribution is -0.115. The zero-order valence-electron chi connectivity index (χ0n) is 13.1. The molecular weight excluding hydrogens is 312 g/mol. The van der Waals surface area contributed by atoms with E-state index in [1.807, 2.05) is 6.07 Å². The van der Waals surface area contributed by atoms with Gasteiger partial charge in [0.05, 0.1) is 18.4 Å². The third kappa shape index (κ3) is 3.47. The average Bonchev–Trinajstić information content (AvgIpc) is 3.19. The number of carbonyl (C=O) groups excluding carboxylic acids is 2. The van der Waals surface area contributed by atoms with Gasteiger partial charge in [-0.3, -0.25) is 9.59 Å². The van der Waals surface area contributed by atoms with Gasteiger partial charge in [0.25, 0.3) is 5.91 Å². The molecule has 2 aromatic heterocycles. The highest BCUT2D eigenvalue weighted by Gasteiger charge is 2.26. The van der Waals surface area contributed by atoms with Crippen molar-refractivity contribution in [2.24, 2.45) is 0 Å². The van der Waals surface area contributed by atoms with Crippen LogP contribution >= 0.6 is 11.3 Å². The standard InChI is InChI=1S/C17H20N2O3S/c1-2-14(20)19-17-15(12-7-3-4-8-13(12)23-17)16(21)18-10-11-6-5-9-22-11/h5-6,9H,2-4,7-8,10H2,1H3,(H,18,21)(H,19,20). The topological polar surface area (TPSA) is 71.3 Å². The first kappa shape index (κ1) is 15.8. The first-order valence-corrected chi connectivity index (χ1v) is 8.75. The van der Waals surface area contributed by atoms with Crippen molar-refractivity contribution in [2.45, 2.75) is 45.6 Å². The van der Waals surface area contributed by atoms with E-state index in [1.54, 1.807) is 30.6 Å². The molecule has 0 radical (unpaired) electrons. The van der Waals surface area contributed by atoms with Gasteiger partial charge in [0, 0.05) is 11.3 Å². The van der Waals surface area contributed by atoms with Crippen LogP contribution in [0.2, 0.25) is 0 Å². The molecule has 1 aliphatic rings. The number of rotatable bonds is 5. The second kappa shape index (κ2) is 7.00. The lowest BCUT2D eigenvalue weighted by Crippen LogP contribution is -2.25. The van der Waals surface area contributed by atoms with Gasteiger partial charge in [-0.05, 0) is 43.4 Å². The fourth-order valence-electron chi connectivity index (χ4n) is 2.78. The predicted molar refractivity (Wildman–Crippen MR) is 89.8 cm³/mol. The number of carbonyl (C=O) groups is 2. The van der Waals surface area contributed by atoms with Crippen LogP contribution in [0.5, 0.6) is 0 Å². The highest BCUT2D eigenvalue weighted by molar-refractivity contribution is 7.17. The Hall–Kier alpha value is -2.08. The molecule has 6 heteroatoms. The summed E-state index contributed by atoms with van der Waals surface area (Å²) >= 11 is 1.54. The molecule has 0 saturated heterocycles. The summed E-state index contributed by atoms with van der Waals surface area (Å²) in [5, 5.41) is 6.46. The van der Waals surface area contributed by atoms with Crippen molar-refractivity contribution < 1.29 is 14.0 Å². The fourth-order valence-corrected chi connectivity index (χ4v) is 4.08. The Bertz CT molecular complexity index is 704. The number of thiophene rings is 1. The monoisotopic (exact) mass is 332 g/mol. The zero-order chi connectivity index (χ0) is 16.2. The largest absolute Gasteiger partial charge is 0.467 e. The molecule has 3 rings (SSSR count). The molecule has 1 aliphatic carbocycles. The average molecular weight is 332 g/mol. The van der Waals surface area contributed by atoms with E-state index in [-0.39, 0.29) is 11.8 Å². The third-order valence-electron chi connectivity index (χ3n) is 3.98. The fraction of sp³-hybridized carbons (Fsp3) is 0.412. The quantitative estimate of drug-likeness (QED) is 0.880. The maximum absolute atomic E-state index is 12.7. The summed E-state index contributed by atoms with van der Waals surface area (Å²) in [6.07, 6.45) is 6.10. The van der Waals surface area contributed by atoms with Crippen molar-refractivity contribution >= 4 is 28.2 Å². The van der Waals surface area contributed by atoms with Crippen molar-refractivity contribution in [2.75, 3.05) is 5.32 Å². The van der Waals surface area contributed by atoms with Crippen LogP contribution in [-0.4, -0.2) is 11.8 Å². The van der Waals surface area contributed by atoms with Crippen LogP contribution in [0.1, 0.15) is 52.7 Å². The molecule has 5 nitrogen and oxygen atoms in total. The number of fused-ring (bicyclic) bond motifs is 1. The maximum atomic E-state index is 12.7. The van der Waals surface area contributed by atoms with Gasteiger partial charge in [-0.15, -0.1) is 11.3 Å². The van der Waals surface area contributed by atoms with Gasteiger partial charge < -0.3 is 15.1 Å². The molecule has 2 N–H and O–H groups in total. The van der Waals surface area contributed by atoms with Crippen LogP contribution < -0.4 is 10.6 Å². The highest BCUT2D eigenvalue weighted by Crippen LogP contribution is 2.38. The van der Waals surface area contributed by atoms with Crippen LogP contribution in [0.15, 0.2) is 22.8 Å². The molecule has 2 heterocycles. The third-order valence-corrected chi connectivity index (χ3v) is 5.18. The van der Waals surface area contributed by atoms with Crippen molar-refractivity contribution in [1.82, 2.24) is 5.32 Å². The number of aryl methyl sites for hydroxylation is 1. The number of anilines is 1. The molecule has 23 heavy (non-hydrogen) atoms. The number of hydrogen-bond donors (Lipinski definition) is 2. The summed E-state index contributed by atoms with van der Waals surface area (Å²) in [6, 6.07) is 3.62. The van der Waals surface area contributed by atoms with Gasteiger partial charge in [0.1, 0.15) is 10.8 Å². The number of nitrogens with one attached hydrogen (secondary N) is 2. The van der Waals surface area contributed by atoms with Crippen LogP contribution in [0.25, 0.3) is 0 Å². The summed E-state index contributed by atoms with van der Waals surface area (Å²) in [5.41, 5.74) is 1.74. The Morgan fingerprint density at radius 2 is 2.13 bits per heavy atom. The van der Waals surface area contributed by atoms with Crippen LogP contribution in [0, 0.1) is 0 Å². The predicted octanol–water partition coefficient (Wildman–Crippen LogP) is 3.50. The van der Waals surface area contributed by atoms with Gasteiger partial charge in [-0.2, -0.15) is 0 Å². The Labute approximate surface area is 139 Å². The summed E-state index contributed by atoms with van der Waals surface area (Å²) in [5.74, 6) is 0.498. The first-order chi connectivity index (χ1) is 11.2. The molecule has 0 unspecified atom stereocenters. The van der Waals surface area contributed by atoms with E-state index in [2.05, 4.69) is 10.6 Å². The smallest absolute Gasteiger partial charge is 0.254 e. The number of hydrogen-bond acceptors (Lipinski definition) is 4. The molecule has 0 atom stereocenters. The van der Waals surface area contributed by atoms with E-state index in [0.717, 1.165) is 31.2 Å². The molecular formula is C17H20N2O3S. The van der Waals surface area contributed by atoms with Crippen molar-refractivity contribution in [3.63, 3.8) is 0 Å². The Morgan fingerprint density at radius 3 is 2.87 bits per heavy atom. The molecule has 0 bridgehead atoms. The molecule has 2 amide bonds. The van der Waals surface area contributed by atoms with Crippen molar-refractivity contribution in [1.29, 1.82) is 0 Å².